The summed E-state index contributed by atoms with van der Waals surface area (Å²) in [6.07, 6.45) is 3.57. The fourth-order valence-electron chi connectivity index (χ4n) is 2.36. The van der Waals surface area contributed by atoms with Gasteiger partial charge in [-0.25, -0.2) is 0 Å². The van der Waals surface area contributed by atoms with Crippen molar-refractivity contribution in [2.24, 2.45) is 0 Å². The second-order valence-corrected chi connectivity index (χ2v) is 4.75. The summed E-state index contributed by atoms with van der Waals surface area (Å²) < 4.78 is 5.23. The quantitative estimate of drug-likeness (QED) is 0.748. The number of hydrogen-bond acceptors (Lipinski definition) is 2. The fraction of sp³-hybridized carbons (Fsp3) is 0.312. The zero-order chi connectivity index (χ0) is 13.1. The highest BCUT2D eigenvalue weighted by molar-refractivity contribution is 6.00. The third-order valence-corrected chi connectivity index (χ3v) is 3.29. The number of allylic oxidation sites excluding steroid dienone is 4. The van der Waals surface area contributed by atoms with Gasteiger partial charge >= 0.3 is 0 Å². The highest BCUT2D eigenvalue weighted by Gasteiger charge is 2.17. The molecule has 18 heavy (non-hydrogen) atoms. The van der Waals surface area contributed by atoms with Crippen molar-refractivity contribution in [1.82, 2.24) is 0 Å². The van der Waals surface area contributed by atoms with Crippen LogP contribution in [-0.2, 0) is 0 Å². The van der Waals surface area contributed by atoms with Crippen molar-refractivity contribution in [2.45, 2.75) is 26.7 Å². The highest BCUT2D eigenvalue weighted by Crippen LogP contribution is 2.29. The van der Waals surface area contributed by atoms with E-state index in [4.69, 9.17) is 4.74 Å². The molecule has 1 aliphatic rings. The van der Waals surface area contributed by atoms with Crippen LogP contribution in [0.15, 0.2) is 47.1 Å². The van der Waals surface area contributed by atoms with Crippen molar-refractivity contribution in [3.8, 4) is 5.75 Å². The molecule has 2 rings (SSSR count). The number of Topliss-reactive ketones (excluding diaryl/α,β-unsaturated/α-hetero) is 1. The molecule has 1 aromatic rings. The summed E-state index contributed by atoms with van der Waals surface area (Å²) in [4.78, 5) is 12.3. The Hall–Kier alpha value is -1.83. The van der Waals surface area contributed by atoms with Gasteiger partial charge in [0.2, 0.25) is 0 Å². The zero-order valence-corrected chi connectivity index (χ0v) is 11.1. The molecule has 0 saturated carbocycles. The summed E-state index contributed by atoms with van der Waals surface area (Å²) in [6.45, 7) is 4.17. The van der Waals surface area contributed by atoms with Crippen LogP contribution < -0.4 is 4.74 Å². The molecular formula is C16H18O2. The normalized spacial score (nSPS) is 14.7. The Balaban J connectivity index is 2.16. The van der Waals surface area contributed by atoms with Gasteiger partial charge in [-0.3, -0.25) is 4.79 Å². The van der Waals surface area contributed by atoms with Gasteiger partial charge in [0.1, 0.15) is 5.75 Å². The Bertz CT molecular complexity index is 536. The first-order valence-corrected chi connectivity index (χ1v) is 6.14. The number of ether oxygens (including phenoxy) is 1. The van der Waals surface area contributed by atoms with Crippen LogP contribution in [0.4, 0.5) is 0 Å². The molecule has 94 valence electrons. The molecule has 0 saturated heterocycles. The third kappa shape index (κ3) is 2.53. The topological polar surface area (TPSA) is 26.3 Å². The van der Waals surface area contributed by atoms with Gasteiger partial charge in [-0.1, -0.05) is 34.9 Å². The number of methoxy groups -OCH3 is 1. The summed E-state index contributed by atoms with van der Waals surface area (Å²) in [7, 11) is 1.60. The smallest absolute Gasteiger partial charge is 0.170 e. The molecule has 0 bridgehead atoms. The number of rotatable bonds is 4. The summed E-state index contributed by atoms with van der Waals surface area (Å²) in [5.41, 5.74) is 4.46. The standard InChI is InChI=1S/C16H18O2/c1-11-8-12(2)13(9-11)10-15(17)14-6-4-5-7-16(14)18-3/h4-8H,9-10H2,1-3H3. The van der Waals surface area contributed by atoms with Gasteiger partial charge in [-0.15, -0.1) is 0 Å². The average molecular weight is 242 g/mol. The predicted octanol–water partition coefficient (Wildman–Crippen LogP) is 3.93. The van der Waals surface area contributed by atoms with Gasteiger partial charge in [0.05, 0.1) is 12.7 Å². The van der Waals surface area contributed by atoms with Crippen LogP contribution in [-0.4, -0.2) is 12.9 Å². The van der Waals surface area contributed by atoms with Gasteiger partial charge in [-0.2, -0.15) is 0 Å². The van der Waals surface area contributed by atoms with E-state index in [1.165, 1.54) is 16.7 Å². The molecule has 0 unspecified atom stereocenters. The van der Waals surface area contributed by atoms with E-state index in [2.05, 4.69) is 19.9 Å². The average Bonchev–Trinajstić information content (AvgIpc) is 2.67. The summed E-state index contributed by atoms with van der Waals surface area (Å²) in [6, 6.07) is 7.40. The molecule has 0 aromatic heterocycles. The molecule has 0 fully saturated rings. The van der Waals surface area contributed by atoms with Crippen LogP contribution in [0, 0.1) is 0 Å². The number of para-hydroxylation sites is 1. The lowest BCUT2D eigenvalue weighted by molar-refractivity contribution is 0.0989. The van der Waals surface area contributed by atoms with Crippen molar-refractivity contribution >= 4 is 5.78 Å². The molecule has 2 nitrogen and oxygen atoms in total. The lowest BCUT2D eigenvalue weighted by Gasteiger charge is -2.08. The molecule has 0 radical (unpaired) electrons. The molecule has 2 heteroatoms. The number of carbonyl (C=O) groups is 1. The van der Waals surface area contributed by atoms with Crippen molar-refractivity contribution in [2.75, 3.05) is 7.11 Å². The molecule has 0 N–H and O–H groups in total. The largest absolute Gasteiger partial charge is 0.496 e. The minimum absolute atomic E-state index is 0.130. The summed E-state index contributed by atoms with van der Waals surface area (Å²) in [5.74, 6) is 0.785. The Kier molecular flexibility index (Phi) is 3.66. The maximum atomic E-state index is 12.3. The maximum absolute atomic E-state index is 12.3. The monoisotopic (exact) mass is 242 g/mol. The van der Waals surface area contributed by atoms with Crippen LogP contribution in [0.25, 0.3) is 0 Å². The minimum atomic E-state index is 0.130. The van der Waals surface area contributed by atoms with E-state index in [1.54, 1.807) is 7.11 Å². The van der Waals surface area contributed by atoms with Gasteiger partial charge in [0, 0.05) is 6.42 Å². The second-order valence-electron chi connectivity index (χ2n) is 4.75. The fourth-order valence-corrected chi connectivity index (χ4v) is 2.36. The second kappa shape index (κ2) is 5.21. The summed E-state index contributed by atoms with van der Waals surface area (Å²) >= 11 is 0. The van der Waals surface area contributed by atoms with Crippen LogP contribution in [0.1, 0.15) is 37.0 Å². The molecule has 0 amide bonds. The van der Waals surface area contributed by atoms with Gasteiger partial charge < -0.3 is 4.74 Å². The number of ketones is 1. The van der Waals surface area contributed by atoms with Gasteiger partial charge in [-0.05, 0) is 32.4 Å². The molecule has 0 spiro atoms. The molecule has 0 heterocycles. The molecule has 1 aromatic carbocycles. The minimum Gasteiger partial charge on any atom is -0.496 e. The Labute approximate surface area is 108 Å². The van der Waals surface area contributed by atoms with Crippen LogP contribution in [0.3, 0.4) is 0 Å². The highest BCUT2D eigenvalue weighted by atomic mass is 16.5. The molecule has 1 aliphatic carbocycles. The van der Waals surface area contributed by atoms with Crippen LogP contribution in [0.5, 0.6) is 5.75 Å². The number of hydrogen-bond donors (Lipinski definition) is 0. The van der Waals surface area contributed by atoms with Crippen LogP contribution in [0.2, 0.25) is 0 Å². The van der Waals surface area contributed by atoms with E-state index in [1.807, 2.05) is 24.3 Å². The van der Waals surface area contributed by atoms with E-state index in [0.717, 1.165) is 6.42 Å². The van der Waals surface area contributed by atoms with Crippen molar-refractivity contribution < 1.29 is 9.53 Å². The first kappa shape index (κ1) is 12.6. The van der Waals surface area contributed by atoms with E-state index < -0.39 is 0 Å². The lowest BCUT2D eigenvalue weighted by atomic mass is 9.99. The maximum Gasteiger partial charge on any atom is 0.170 e. The van der Waals surface area contributed by atoms with Crippen LogP contribution >= 0.6 is 0 Å². The third-order valence-electron chi connectivity index (χ3n) is 3.29. The van der Waals surface area contributed by atoms with E-state index in [-0.39, 0.29) is 5.78 Å². The van der Waals surface area contributed by atoms with E-state index in [0.29, 0.717) is 17.7 Å². The first-order valence-electron chi connectivity index (χ1n) is 6.14. The van der Waals surface area contributed by atoms with Crippen molar-refractivity contribution in [3.63, 3.8) is 0 Å². The number of benzene rings is 1. The van der Waals surface area contributed by atoms with Crippen molar-refractivity contribution in [1.29, 1.82) is 0 Å². The first-order chi connectivity index (χ1) is 8.61. The lowest BCUT2D eigenvalue weighted by Crippen LogP contribution is -2.03. The Morgan fingerprint density at radius 1 is 1.28 bits per heavy atom. The van der Waals surface area contributed by atoms with Gasteiger partial charge in [0.15, 0.2) is 5.78 Å². The Morgan fingerprint density at radius 3 is 2.61 bits per heavy atom. The summed E-state index contributed by atoms with van der Waals surface area (Å²) in [5, 5.41) is 0. The molecule has 0 atom stereocenters. The molecular weight excluding hydrogens is 224 g/mol. The zero-order valence-electron chi connectivity index (χ0n) is 11.1. The van der Waals surface area contributed by atoms with Gasteiger partial charge in [0.25, 0.3) is 0 Å². The Morgan fingerprint density at radius 2 is 2.00 bits per heavy atom. The number of carbonyl (C=O) groups excluding carboxylic acids is 1. The van der Waals surface area contributed by atoms with Crippen molar-refractivity contribution in [3.05, 3.63) is 52.6 Å². The van der Waals surface area contributed by atoms with E-state index in [9.17, 15) is 4.79 Å². The van der Waals surface area contributed by atoms with E-state index >= 15 is 0 Å². The predicted molar refractivity (Wildman–Crippen MR) is 73.0 cm³/mol. The molecule has 0 aliphatic heterocycles. The SMILES string of the molecule is COc1ccccc1C(=O)CC1=C(C)C=C(C)C1.